The number of aromatic nitrogens is 3. The number of hydrogen-bond acceptors (Lipinski definition) is 4. The Balaban J connectivity index is 1.40. The molecule has 0 spiro atoms. The van der Waals surface area contributed by atoms with Crippen LogP contribution in [0.4, 0.5) is 4.39 Å². The molecule has 0 saturated carbocycles. The molecular formula is C20H19FN4O2. The van der Waals surface area contributed by atoms with Gasteiger partial charge in [-0.05, 0) is 43.0 Å². The van der Waals surface area contributed by atoms with Gasteiger partial charge in [0.05, 0.1) is 6.20 Å². The highest BCUT2D eigenvalue weighted by atomic mass is 19.1. The third-order valence-electron chi connectivity index (χ3n) is 4.70. The number of nitrogens with zero attached hydrogens (tertiary/aromatic N) is 2. The molecule has 2 heterocycles. The zero-order valence-electron chi connectivity index (χ0n) is 14.6. The number of halogens is 1. The van der Waals surface area contributed by atoms with Gasteiger partial charge >= 0.3 is 0 Å². The molecule has 1 unspecified atom stereocenters. The van der Waals surface area contributed by atoms with Crippen LogP contribution in [0.15, 0.2) is 48.8 Å². The fourth-order valence-electron chi connectivity index (χ4n) is 3.26. The highest BCUT2D eigenvalue weighted by Gasteiger charge is 2.25. The van der Waals surface area contributed by atoms with Crippen molar-refractivity contribution in [3.63, 3.8) is 0 Å². The van der Waals surface area contributed by atoms with Crippen LogP contribution in [-0.2, 0) is 24.2 Å². The minimum atomic E-state index is -0.380. The van der Waals surface area contributed by atoms with Crippen molar-refractivity contribution >= 4 is 5.91 Å². The van der Waals surface area contributed by atoms with Crippen LogP contribution in [0.3, 0.4) is 0 Å². The molecule has 7 heteroatoms. The van der Waals surface area contributed by atoms with Crippen LogP contribution in [0.5, 0.6) is 11.6 Å². The van der Waals surface area contributed by atoms with E-state index >= 15 is 0 Å². The normalized spacial score (nSPS) is 15.8. The van der Waals surface area contributed by atoms with Gasteiger partial charge in [-0.2, -0.15) is 5.10 Å². The number of ether oxygens (including phenoxy) is 1. The molecular weight excluding hydrogens is 347 g/mol. The van der Waals surface area contributed by atoms with Crippen molar-refractivity contribution < 1.29 is 13.9 Å². The quantitative estimate of drug-likeness (QED) is 0.727. The molecule has 0 fully saturated rings. The van der Waals surface area contributed by atoms with E-state index in [1.165, 1.54) is 12.1 Å². The fourth-order valence-corrected chi connectivity index (χ4v) is 3.26. The molecule has 1 aromatic carbocycles. The Morgan fingerprint density at radius 1 is 1.33 bits per heavy atom. The highest BCUT2D eigenvalue weighted by Crippen LogP contribution is 2.25. The van der Waals surface area contributed by atoms with Gasteiger partial charge in [-0.1, -0.05) is 12.1 Å². The van der Waals surface area contributed by atoms with E-state index in [9.17, 15) is 9.18 Å². The highest BCUT2D eigenvalue weighted by molar-refractivity contribution is 5.79. The van der Waals surface area contributed by atoms with Gasteiger partial charge in [-0.25, -0.2) is 9.37 Å². The number of aromatic amines is 1. The zero-order valence-corrected chi connectivity index (χ0v) is 14.6. The summed E-state index contributed by atoms with van der Waals surface area (Å²) in [6.07, 6.45) is 5.70. The second kappa shape index (κ2) is 7.57. The first kappa shape index (κ1) is 17.2. The number of nitrogens with one attached hydrogen (secondary N) is 2. The van der Waals surface area contributed by atoms with Crippen LogP contribution in [0.2, 0.25) is 0 Å². The van der Waals surface area contributed by atoms with E-state index in [0.717, 1.165) is 29.7 Å². The molecule has 6 nitrogen and oxygen atoms in total. The van der Waals surface area contributed by atoms with E-state index in [2.05, 4.69) is 20.5 Å². The van der Waals surface area contributed by atoms with Gasteiger partial charge in [-0.15, -0.1) is 0 Å². The first-order valence-electron chi connectivity index (χ1n) is 8.85. The lowest BCUT2D eigenvalue weighted by Crippen LogP contribution is -2.33. The Bertz CT molecular complexity index is 956. The Labute approximate surface area is 155 Å². The first-order chi connectivity index (χ1) is 13.2. The summed E-state index contributed by atoms with van der Waals surface area (Å²) in [6, 6.07) is 9.48. The average Bonchev–Trinajstić information content (AvgIpc) is 3.15. The number of fused-ring (bicyclic) bond motifs is 1. The molecule has 0 aliphatic heterocycles. The van der Waals surface area contributed by atoms with E-state index in [0.29, 0.717) is 24.6 Å². The summed E-state index contributed by atoms with van der Waals surface area (Å²) in [4.78, 5) is 16.8. The topological polar surface area (TPSA) is 79.9 Å². The van der Waals surface area contributed by atoms with Gasteiger partial charge in [0.2, 0.25) is 11.8 Å². The smallest absolute Gasteiger partial charge is 0.224 e. The second-order valence-corrected chi connectivity index (χ2v) is 6.56. The molecule has 138 valence electrons. The van der Waals surface area contributed by atoms with E-state index in [1.807, 2.05) is 6.07 Å². The molecule has 0 radical (unpaired) electrons. The van der Waals surface area contributed by atoms with Crippen LogP contribution in [0, 0.1) is 11.7 Å². The fraction of sp³-hybridized carbons (Fsp3) is 0.250. The van der Waals surface area contributed by atoms with Gasteiger partial charge in [0.25, 0.3) is 0 Å². The number of rotatable bonds is 5. The molecule has 4 rings (SSSR count). The van der Waals surface area contributed by atoms with Crippen LogP contribution in [0.25, 0.3) is 0 Å². The van der Waals surface area contributed by atoms with Crippen LogP contribution >= 0.6 is 0 Å². The maximum atomic E-state index is 13.3. The first-order valence-corrected chi connectivity index (χ1v) is 8.85. The maximum Gasteiger partial charge on any atom is 0.224 e. The molecule has 2 N–H and O–H groups in total. The zero-order chi connectivity index (χ0) is 18.6. The number of benzene rings is 1. The molecule has 0 bridgehead atoms. The molecule has 1 atom stereocenters. The van der Waals surface area contributed by atoms with Crippen molar-refractivity contribution in [1.29, 1.82) is 0 Å². The third kappa shape index (κ3) is 3.97. The predicted octanol–water partition coefficient (Wildman–Crippen LogP) is 3.16. The molecule has 1 aliphatic carbocycles. The SMILES string of the molecule is O=C(NCc1cccnc1Oc1cccc(F)c1)C1CCc2[nH]ncc2C1. The largest absolute Gasteiger partial charge is 0.439 e. The van der Waals surface area contributed by atoms with E-state index < -0.39 is 0 Å². The lowest BCUT2D eigenvalue weighted by Gasteiger charge is -2.21. The third-order valence-corrected chi connectivity index (χ3v) is 4.70. The number of hydrogen-bond donors (Lipinski definition) is 2. The Kier molecular flexibility index (Phi) is 4.82. The minimum Gasteiger partial charge on any atom is -0.439 e. The molecule has 1 aliphatic rings. The van der Waals surface area contributed by atoms with Crippen molar-refractivity contribution in [2.24, 2.45) is 5.92 Å². The molecule has 1 amide bonds. The summed E-state index contributed by atoms with van der Waals surface area (Å²) in [5.41, 5.74) is 2.96. The van der Waals surface area contributed by atoms with Crippen LogP contribution in [-0.4, -0.2) is 21.1 Å². The maximum absolute atomic E-state index is 13.3. The van der Waals surface area contributed by atoms with Gasteiger partial charge < -0.3 is 10.1 Å². The van der Waals surface area contributed by atoms with Crippen molar-refractivity contribution in [2.45, 2.75) is 25.8 Å². The number of aryl methyl sites for hydroxylation is 1. The van der Waals surface area contributed by atoms with E-state index in [-0.39, 0.29) is 17.6 Å². The predicted molar refractivity (Wildman–Crippen MR) is 96.7 cm³/mol. The van der Waals surface area contributed by atoms with Crippen molar-refractivity contribution in [3.05, 3.63) is 71.4 Å². The lowest BCUT2D eigenvalue weighted by molar-refractivity contribution is -0.125. The van der Waals surface area contributed by atoms with E-state index in [1.54, 1.807) is 30.6 Å². The number of H-pyrrole nitrogens is 1. The molecule has 27 heavy (non-hydrogen) atoms. The summed E-state index contributed by atoms with van der Waals surface area (Å²) in [5, 5.41) is 9.98. The van der Waals surface area contributed by atoms with E-state index in [4.69, 9.17) is 4.74 Å². The molecule has 2 aromatic heterocycles. The summed E-state index contributed by atoms with van der Waals surface area (Å²) in [7, 11) is 0. The summed E-state index contributed by atoms with van der Waals surface area (Å²) < 4.78 is 19.0. The van der Waals surface area contributed by atoms with Crippen molar-refractivity contribution in [3.8, 4) is 11.6 Å². The number of amides is 1. The van der Waals surface area contributed by atoms with Crippen molar-refractivity contribution in [2.75, 3.05) is 0 Å². The Hall–Kier alpha value is -3.22. The molecule has 0 saturated heterocycles. The summed E-state index contributed by atoms with van der Waals surface area (Å²) in [6.45, 7) is 0.298. The number of pyridine rings is 1. The summed E-state index contributed by atoms with van der Waals surface area (Å²) >= 11 is 0. The van der Waals surface area contributed by atoms with Gasteiger partial charge in [-0.3, -0.25) is 9.89 Å². The van der Waals surface area contributed by atoms with Gasteiger partial charge in [0.1, 0.15) is 11.6 Å². The number of carbonyl (C=O) groups excluding carboxylic acids is 1. The van der Waals surface area contributed by atoms with Crippen molar-refractivity contribution in [1.82, 2.24) is 20.5 Å². The number of carbonyl (C=O) groups is 1. The average molecular weight is 366 g/mol. The monoisotopic (exact) mass is 366 g/mol. The van der Waals surface area contributed by atoms with Gasteiger partial charge in [0.15, 0.2) is 0 Å². The van der Waals surface area contributed by atoms with Gasteiger partial charge in [0, 0.05) is 36.0 Å². The Morgan fingerprint density at radius 2 is 2.26 bits per heavy atom. The summed E-state index contributed by atoms with van der Waals surface area (Å²) in [5.74, 6) is 0.265. The van der Waals surface area contributed by atoms with Crippen LogP contribution in [0.1, 0.15) is 23.2 Å². The minimum absolute atomic E-state index is 0.00223. The lowest BCUT2D eigenvalue weighted by atomic mass is 9.87. The Morgan fingerprint density at radius 3 is 3.15 bits per heavy atom. The molecule has 3 aromatic rings. The standard InChI is InChI=1S/C20H19FN4O2/c21-16-4-1-5-17(10-16)27-20-14(3-2-8-22-20)11-23-19(26)13-6-7-18-15(9-13)12-24-25-18/h1-5,8,10,12-13H,6-7,9,11H2,(H,23,26)(H,24,25). The van der Waals surface area contributed by atoms with Crippen LogP contribution < -0.4 is 10.1 Å². The second-order valence-electron chi connectivity index (χ2n) is 6.56.